The first-order valence-electron chi connectivity index (χ1n) is 8.17. The number of rotatable bonds is 3. The highest BCUT2D eigenvalue weighted by atomic mass is 16.2. The molecule has 0 aromatic rings. The summed E-state index contributed by atoms with van der Waals surface area (Å²) in [6, 6.07) is 0.283. The van der Waals surface area contributed by atoms with Crippen LogP contribution in [0, 0.1) is 17.8 Å². The molecule has 110 valence electrons. The number of hydrogen-bond donors (Lipinski definition) is 1. The van der Waals surface area contributed by atoms with E-state index in [1.807, 2.05) is 0 Å². The van der Waals surface area contributed by atoms with Gasteiger partial charge in [0.25, 0.3) is 0 Å². The van der Waals surface area contributed by atoms with Gasteiger partial charge in [-0.05, 0) is 50.4 Å². The molecule has 1 heterocycles. The summed E-state index contributed by atoms with van der Waals surface area (Å²) in [6.07, 6.45) is 8.31. The smallest absolute Gasteiger partial charge is 0.225 e. The van der Waals surface area contributed by atoms with E-state index in [-0.39, 0.29) is 12.0 Å². The van der Waals surface area contributed by atoms with Crippen molar-refractivity contribution in [1.82, 2.24) is 4.90 Å². The molecule has 2 fully saturated rings. The third-order valence-corrected chi connectivity index (χ3v) is 5.41. The molecule has 1 saturated heterocycles. The summed E-state index contributed by atoms with van der Waals surface area (Å²) in [7, 11) is 0. The molecule has 19 heavy (non-hydrogen) atoms. The molecule has 1 saturated carbocycles. The van der Waals surface area contributed by atoms with E-state index < -0.39 is 0 Å². The van der Waals surface area contributed by atoms with Gasteiger partial charge in [-0.15, -0.1) is 0 Å². The Bertz CT molecular complexity index is 297. The summed E-state index contributed by atoms with van der Waals surface area (Å²) in [5.41, 5.74) is 5.90. The third-order valence-electron chi connectivity index (χ3n) is 5.41. The van der Waals surface area contributed by atoms with Crippen LogP contribution in [0.3, 0.4) is 0 Å². The lowest BCUT2D eigenvalue weighted by atomic mass is 9.79. The highest BCUT2D eigenvalue weighted by Crippen LogP contribution is 2.33. The van der Waals surface area contributed by atoms with Crippen LogP contribution in [-0.2, 0) is 4.79 Å². The molecule has 2 N–H and O–H groups in total. The van der Waals surface area contributed by atoms with E-state index in [0.717, 1.165) is 31.7 Å². The lowest BCUT2D eigenvalue weighted by Crippen LogP contribution is -2.53. The molecule has 0 aromatic heterocycles. The zero-order valence-electron chi connectivity index (χ0n) is 12.6. The summed E-state index contributed by atoms with van der Waals surface area (Å²) in [5.74, 6) is 2.10. The Morgan fingerprint density at radius 2 is 1.89 bits per heavy atom. The van der Waals surface area contributed by atoms with Gasteiger partial charge in [0.1, 0.15) is 0 Å². The molecule has 3 heteroatoms. The summed E-state index contributed by atoms with van der Waals surface area (Å²) >= 11 is 0. The van der Waals surface area contributed by atoms with Crippen molar-refractivity contribution < 1.29 is 4.79 Å². The number of hydrogen-bond acceptors (Lipinski definition) is 2. The van der Waals surface area contributed by atoms with Gasteiger partial charge < -0.3 is 10.6 Å². The maximum Gasteiger partial charge on any atom is 0.225 e. The summed E-state index contributed by atoms with van der Waals surface area (Å²) in [5, 5.41) is 0. The summed E-state index contributed by atoms with van der Waals surface area (Å²) in [6.45, 7) is 6.06. The zero-order valence-corrected chi connectivity index (χ0v) is 12.6. The quantitative estimate of drug-likeness (QED) is 0.854. The van der Waals surface area contributed by atoms with E-state index in [1.165, 1.54) is 25.7 Å². The van der Waals surface area contributed by atoms with Crippen LogP contribution in [0.2, 0.25) is 0 Å². The van der Waals surface area contributed by atoms with E-state index in [0.29, 0.717) is 18.4 Å². The second kappa shape index (κ2) is 6.74. The van der Waals surface area contributed by atoms with Crippen LogP contribution in [0.1, 0.15) is 58.8 Å². The Kier molecular flexibility index (Phi) is 5.26. The first kappa shape index (κ1) is 14.8. The number of amides is 1. The molecule has 3 nitrogen and oxygen atoms in total. The standard InChI is InChI=1S/C16H30N2O/c1-3-13-6-8-14(9-7-13)16(19)18-10-4-5-12(2)15(18)11-17/h12-15H,3-11,17H2,1-2H3. The fraction of sp³-hybridized carbons (Fsp3) is 0.938. The van der Waals surface area contributed by atoms with Crippen LogP contribution >= 0.6 is 0 Å². The molecule has 1 aliphatic carbocycles. The van der Waals surface area contributed by atoms with Crippen LogP contribution in [-0.4, -0.2) is 29.9 Å². The number of nitrogens with zero attached hydrogens (tertiary/aromatic N) is 1. The monoisotopic (exact) mass is 266 g/mol. The Balaban J connectivity index is 1.95. The van der Waals surface area contributed by atoms with Gasteiger partial charge in [0.05, 0.1) is 0 Å². The van der Waals surface area contributed by atoms with E-state index in [9.17, 15) is 4.79 Å². The molecule has 1 amide bonds. The number of carbonyl (C=O) groups is 1. The van der Waals surface area contributed by atoms with Gasteiger partial charge in [0.15, 0.2) is 0 Å². The first-order chi connectivity index (χ1) is 9.17. The summed E-state index contributed by atoms with van der Waals surface area (Å²) < 4.78 is 0. The molecule has 2 atom stereocenters. The Morgan fingerprint density at radius 3 is 2.47 bits per heavy atom. The SMILES string of the molecule is CCC1CCC(C(=O)N2CCCC(C)C2CN)CC1. The topological polar surface area (TPSA) is 46.3 Å². The maximum atomic E-state index is 12.7. The van der Waals surface area contributed by atoms with Crippen LogP contribution in [0.4, 0.5) is 0 Å². The fourth-order valence-corrected chi connectivity index (χ4v) is 3.93. The van der Waals surface area contributed by atoms with Crippen molar-refractivity contribution >= 4 is 5.91 Å². The van der Waals surface area contributed by atoms with Gasteiger partial charge in [-0.1, -0.05) is 20.3 Å². The number of piperidine rings is 1. The second-order valence-electron chi connectivity index (χ2n) is 6.58. The van der Waals surface area contributed by atoms with Gasteiger partial charge in [0, 0.05) is 25.0 Å². The molecule has 0 bridgehead atoms. The highest BCUT2D eigenvalue weighted by molar-refractivity contribution is 5.79. The van der Waals surface area contributed by atoms with Crippen molar-refractivity contribution in [3.05, 3.63) is 0 Å². The van der Waals surface area contributed by atoms with Crippen molar-refractivity contribution in [2.24, 2.45) is 23.5 Å². The van der Waals surface area contributed by atoms with Crippen molar-refractivity contribution in [3.8, 4) is 0 Å². The van der Waals surface area contributed by atoms with Crippen LogP contribution < -0.4 is 5.73 Å². The van der Waals surface area contributed by atoms with Gasteiger partial charge in [0.2, 0.25) is 5.91 Å². The van der Waals surface area contributed by atoms with Gasteiger partial charge in [-0.2, -0.15) is 0 Å². The predicted molar refractivity (Wildman–Crippen MR) is 78.7 cm³/mol. The number of nitrogens with two attached hydrogens (primary N) is 1. The van der Waals surface area contributed by atoms with E-state index in [2.05, 4.69) is 18.7 Å². The fourth-order valence-electron chi connectivity index (χ4n) is 3.93. The molecule has 2 rings (SSSR count). The summed E-state index contributed by atoms with van der Waals surface area (Å²) in [4.78, 5) is 14.8. The lowest BCUT2D eigenvalue weighted by Gasteiger charge is -2.42. The molecule has 0 spiro atoms. The maximum absolute atomic E-state index is 12.7. The molecule has 2 aliphatic rings. The van der Waals surface area contributed by atoms with Crippen molar-refractivity contribution in [3.63, 3.8) is 0 Å². The molecule has 1 aliphatic heterocycles. The zero-order chi connectivity index (χ0) is 13.8. The average molecular weight is 266 g/mol. The number of likely N-dealkylation sites (tertiary alicyclic amines) is 1. The minimum absolute atomic E-state index is 0.280. The first-order valence-corrected chi connectivity index (χ1v) is 8.17. The highest BCUT2D eigenvalue weighted by Gasteiger charge is 2.35. The molecule has 0 radical (unpaired) electrons. The molecular formula is C16H30N2O. The Labute approximate surface area is 117 Å². The number of carbonyl (C=O) groups excluding carboxylic acids is 1. The van der Waals surface area contributed by atoms with Gasteiger partial charge in [-0.25, -0.2) is 0 Å². The minimum atomic E-state index is 0.280. The van der Waals surface area contributed by atoms with Crippen LogP contribution in [0.15, 0.2) is 0 Å². The Morgan fingerprint density at radius 1 is 1.21 bits per heavy atom. The molecule has 0 aromatic carbocycles. The average Bonchev–Trinajstić information content (AvgIpc) is 2.46. The molecule has 2 unspecified atom stereocenters. The van der Waals surface area contributed by atoms with E-state index in [4.69, 9.17) is 5.73 Å². The minimum Gasteiger partial charge on any atom is -0.338 e. The largest absolute Gasteiger partial charge is 0.338 e. The second-order valence-corrected chi connectivity index (χ2v) is 6.58. The van der Waals surface area contributed by atoms with Gasteiger partial charge in [-0.3, -0.25) is 4.79 Å². The van der Waals surface area contributed by atoms with Crippen LogP contribution in [0.5, 0.6) is 0 Å². The van der Waals surface area contributed by atoms with Gasteiger partial charge >= 0.3 is 0 Å². The third kappa shape index (κ3) is 3.31. The van der Waals surface area contributed by atoms with Crippen molar-refractivity contribution in [2.45, 2.75) is 64.8 Å². The lowest BCUT2D eigenvalue weighted by molar-refractivity contribution is -0.141. The van der Waals surface area contributed by atoms with E-state index >= 15 is 0 Å². The molecular weight excluding hydrogens is 236 g/mol. The predicted octanol–water partition coefficient (Wildman–Crippen LogP) is 2.79. The van der Waals surface area contributed by atoms with Crippen LogP contribution in [0.25, 0.3) is 0 Å². The van der Waals surface area contributed by atoms with E-state index in [1.54, 1.807) is 0 Å². The van der Waals surface area contributed by atoms with Crippen molar-refractivity contribution in [2.75, 3.05) is 13.1 Å². The normalized spacial score (nSPS) is 36.3. The Hall–Kier alpha value is -0.570. The van der Waals surface area contributed by atoms with Crippen molar-refractivity contribution in [1.29, 1.82) is 0 Å².